The second-order valence-electron chi connectivity index (χ2n) is 5.79. The van der Waals surface area contributed by atoms with Crippen molar-refractivity contribution in [2.24, 2.45) is 0 Å². The van der Waals surface area contributed by atoms with Crippen LogP contribution in [0.1, 0.15) is 13.8 Å². The van der Waals surface area contributed by atoms with Gasteiger partial charge in [0, 0.05) is 10.8 Å². The van der Waals surface area contributed by atoms with Crippen LogP contribution in [0.2, 0.25) is 0 Å². The molecule has 0 spiro atoms. The van der Waals surface area contributed by atoms with Crippen LogP contribution in [0.15, 0.2) is 40.3 Å². The lowest BCUT2D eigenvalue weighted by molar-refractivity contribution is 0.609. The molecule has 0 saturated carbocycles. The zero-order valence-corrected chi connectivity index (χ0v) is 21.1. The van der Waals surface area contributed by atoms with Gasteiger partial charge in [0.1, 0.15) is 9.49 Å². The number of hydrogen-bond donors (Lipinski definition) is 0. The summed E-state index contributed by atoms with van der Waals surface area (Å²) in [5.74, 6) is 0. The molecule has 0 aromatic rings. The fourth-order valence-electron chi connectivity index (χ4n) is 2.56. The highest BCUT2D eigenvalue weighted by atomic mass is 35.5. The molecular formula is C14H8Cl10OS. The lowest BCUT2D eigenvalue weighted by atomic mass is 9.99. The SMILES string of the molecule is CC1(S(=O)C2(C)C(Cl)=C(Cl)C(Cl)=C(Cl)C2Cl)C(Cl)=C(Cl)C(Cl)=C(Cl)C1Cl. The Kier molecular flexibility index (Phi) is 7.72. The van der Waals surface area contributed by atoms with Gasteiger partial charge in [0.25, 0.3) is 0 Å². The van der Waals surface area contributed by atoms with Crippen LogP contribution in [-0.2, 0) is 10.8 Å². The van der Waals surface area contributed by atoms with Crippen LogP contribution in [0.25, 0.3) is 0 Å². The van der Waals surface area contributed by atoms with E-state index in [0.717, 1.165) is 0 Å². The molecule has 4 atom stereocenters. The summed E-state index contributed by atoms with van der Waals surface area (Å²) >= 11 is 62.5. The summed E-state index contributed by atoms with van der Waals surface area (Å²) in [6, 6.07) is 0. The molecule has 0 aromatic heterocycles. The average molecular weight is 579 g/mol. The van der Waals surface area contributed by atoms with Crippen molar-refractivity contribution in [3.8, 4) is 0 Å². The lowest BCUT2D eigenvalue weighted by Crippen LogP contribution is -2.56. The van der Waals surface area contributed by atoms with Gasteiger partial charge < -0.3 is 0 Å². The number of hydrogen-bond acceptors (Lipinski definition) is 1. The highest BCUT2D eigenvalue weighted by Crippen LogP contribution is 2.56. The molecule has 26 heavy (non-hydrogen) atoms. The summed E-state index contributed by atoms with van der Waals surface area (Å²) < 4.78 is 10.8. The molecule has 0 N–H and O–H groups in total. The standard InChI is InChI=1S/C14H8Cl10OS/c1-13(9(21)5(17)3(15)6(18)10(13)22)26(25)14(2)11(23)7(19)4(16)8(20)12(14)24/h9,11H,1-2H3. The van der Waals surface area contributed by atoms with Crippen LogP contribution in [0.3, 0.4) is 0 Å². The molecule has 0 amide bonds. The van der Waals surface area contributed by atoms with E-state index in [1.807, 2.05) is 0 Å². The number of allylic oxidation sites excluding steroid dienone is 6. The number of halogens is 10. The molecule has 0 fully saturated rings. The van der Waals surface area contributed by atoms with Crippen LogP contribution in [0.4, 0.5) is 0 Å². The predicted octanol–water partition coefficient (Wildman–Crippen LogP) is 8.25. The van der Waals surface area contributed by atoms with Crippen LogP contribution < -0.4 is 0 Å². The second kappa shape index (κ2) is 8.27. The highest BCUT2D eigenvalue weighted by molar-refractivity contribution is 7.88. The maximum atomic E-state index is 13.8. The monoisotopic (exact) mass is 574 g/mol. The Morgan fingerprint density at radius 3 is 1.19 bits per heavy atom. The molecule has 12 heteroatoms. The zero-order valence-electron chi connectivity index (χ0n) is 12.8. The maximum Gasteiger partial charge on any atom is 0.102 e. The molecular weight excluding hydrogens is 571 g/mol. The van der Waals surface area contributed by atoms with Gasteiger partial charge in [-0.3, -0.25) is 4.21 Å². The van der Waals surface area contributed by atoms with Crippen molar-refractivity contribution < 1.29 is 4.21 Å². The van der Waals surface area contributed by atoms with Gasteiger partial charge in [0.15, 0.2) is 0 Å². The van der Waals surface area contributed by atoms with E-state index < -0.39 is 31.0 Å². The molecule has 0 radical (unpaired) electrons. The van der Waals surface area contributed by atoms with Gasteiger partial charge in [-0.2, -0.15) is 0 Å². The van der Waals surface area contributed by atoms with E-state index in [4.69, 9.17) is 116 Å². The third-order valence-electron chi connectivity index (χ3n) is 4.24. The van der Waals surface area contributed by atoms with E-state index in [2.05, 4.69) is 0 Å². The largest absolute Gasteiger partial charge is 0.258 e. The zero-order chi connectivity index (χ0) is 20.4. The van der Waals surface area contributed by atoms with Crippen molar-refractivity contribution in [2.75, 3.05) is 0 Å². The van der Waals surface area contributed by atoms with E-state index >= 15 is 0 Å². The van der Waals surface area contributed by atoms with Gasteiger partial charge in [-0.15, -0.1) is 23.2 Å². The van der Waals surface area contributed by atoms with Crippen molar-refractivity contribution in [1.82, 2.24) is 0 Å². The summed E-state index contributed by atoms with van der Waals surface area (Å²) in [5.41, 5.74) is 0. The smallest absolute Gasteiger partial charge is 0.102 e. The van der Waals surface area contributed by atoms with Crippen LogP contribution in [0.5, 0.6) is 0 Å². The first-order valence-corrected chi connectivity index (χ1v) is 11.7. The van der Waals surface area contributed by atoms with Crippen molar-refractivity contribution in [3.05, 3.63) is 40.3 Å². The Labute approximate surface area is 203 Å². The maximum absolute atomic E-state index is 13.8. The van der Waals surface area contributed by atoms with Crippen molar-refractivity contribution in [2.45, 2.75) is 34.1 Å². The highest BCUT2D eigenvalue weighted by Gasteiger charge is 2.59. The fourth-order valence-corrected chi connectivity index (χ4v) is 8.62. The molecule has 0 bridgehead atoms. The molecule has 4 unspecified atom stereocenters. The Hall–Kier alpha value is 2.01. The van der Waals surface area contributed by atoms with Gasteiger partial charge in [-0.25, -0.2) is 0 Å². The van der Waals surface area contributed by atoms with Gasteiger partial charge in [-0.05, 0) is 13.8 Å². The molecule has 0 saturated heterocycles. The van der Waals surface area contributed by atoms with E-state index in [0.29, 0.717) is 0 Å². The summed E-state index contributed by atoms with van der Waals surface area (Å²) in [7, 11) is -2.02. The Morgan fingerprint density at radius 2 is 0.923 bits per heavy atom. The summed E-state index contributed by atoms with van der Waals surface area (Å²) in [6.07, 6.45) is 0. The first-order chi connectivity index (χ1) is 11.7. The average Bonchev–Trinajstić information content (AvgIpc) is 2.63. The summed E-state index contributed by atoms with van der Waals surface area (Å²) in [5, 5.41) is -2.43. The predicted molar refractivity (Wildman–Crippen MR) is 119 cm³/mol. The van der Waals surface area contributed by atoms with Crippen molar-refractivity contribution in [1.29, 1.82) is 0 Å². The van der Waals surface area contributed by atoms with Crippen LogP contribution >= 0.6 is 116 Å². The topological polar surface area (TPSA) is 17.1 Å². The minimum atomic E-state index is -2.02. The number of alkyl halides is 2. The molecule has 1 nitrogen and oxygen atoms in total. The van der Waals surface area contributed by atoms with Crippen LogP contribution in [-0.4, -0.2) is 24.5 Å². The van der Waals surface area contributed by atoms with Crippen molar-refractivity contribution in [3.63, 3.8) is 0 Å². The lowest BCUT2D eigenvalue weighted by Gasteiger charge is -2.45. The molecule has 0 aromatic carbocycles. The molecule has 2 aliphatic rings. The van der Waals surface area contributed by atoms with E-state index in [9.17, 15) is 4.21 Å². The first kappa shape index (κ1) is 24.3. The van der Waals surface area contributed by atoms with Gasteiger partial charge >= 0.3 is 0 Å². The second-order valence-corrected chi connectivity index (χ2v) is 12.0. The van der Waals surface area contributed by atoms with E-state index in [1.54, 1.807) is 0 Å². The molecule has 0 aliphatic heterocycles. The van der Waals surface area contributed by atoms with Gasteiger partial charge in [0.2, 0.25) is 0 Å². The molecule has 2 rings (SSSR count). The molecule has 0 heterocycles. The summed E-state index contributed by atoms with van der Waals surface area (Å²) in [4.78, 5) is 0. The minimum absolute atomic E-state index is 0.00464. The Morgan fingerprint density at radius 1 is 0.654 bits per heavy atom. The van der Waals surface area contributed by atoms with Crippen LogP contribution in [0, 0.1) is 0 Å². The molecule has 2 aliphatic carbocycles. The summed E-state index contributed by atoms with van der Waals surface area (Å²) in [6.45, 7) is 3.02. The number of rotatable bonds is 2. The van der Waals surface area contributed by atoms with E-state index in [-0.39, 0.29) is 40.3 Å². The Balaban J connectivity index is 2.73. The Bertz CT molecular complexity index is 762. The normalized spacial score (nSPS) is 37.7. The van der Waals surface area contributed by atoms with Gasteiger partial charge in [-0.1, -0.05) is 92.8 Å². The third-order valence-corrected chi connectivity index (χ3v) is 12.8. The van der Waals surface area contributed by atoms with Gasteiger partial charge in [0.05, 0.1) is 51.0 Å². The quantitative estimate of drug-likeness (QED) is 0.302. The molecule has 146 valence electrons. The van der Waals surface area contributed by atoms with E-state index in [1.165, 1.54) is 13.8 Å². The first-order valence-electron chi connectivity index (χ1n) is 6.68. The minimum Gasteiger partial charge on any atom is -0.258 e. The fraction of sp³-hybridized carbons (Fsp3) is 0.429. The third kappa shape index (κ3) is 3.32. The van der Waals surface area contributed by atoms with Crippen molar-refractivity contribution >= 4 is 127 Å².